The van der Waals surface area contributed by atoms with E-state index in [1.807, 2.05) is 0 Å². The minimum absolute atomic E-state index is 0.782. The van der Waals surface area contributed by atoms with Crippen molar-refractivity contribution >= 4 is 11.5 Å². The van der Waals surface area contributed by atoms with E-state index in [0.29, 0.717) is 0 Å². The Kier molecular flexibility index (Phi) is 3.90. The van der Waals surface area contributed by atoms with Gasteiger partial charge in [-0.25, -0.2) is 0 Å². The number of nitrogens with one attached hydrogen (secondary N) is 1. The fourth-order valence-corrected chi connectivity index (χ4v) is 1.94. The van der Waals surface area contributed by atoms with Crippen molar-refractivity contribution in [2.75, 3.05) is 6.54 Å². The summed E-state index contributed by atoms with van der Waals surface area (Å²) >= 11 is 1.40. The Labute approximate surface area is 98.1 Å². The number of nitrogens with zero attached hydrogens (tertiary/aromatic N) is 4. The summed E-state index contributed by atoms with van der Waals surface area (Å²) in [6.07, 6.45) is 6.14. The summed E-state index contributed by atoms with van der Waals surface area (Å²) in [7, 11) is 0. The summed E-state index contributed by atoms with van der Waals surface area (Å²) in [5, 5.41) is 7.42. The lowest BCUT2D eigenvalue weighted by molar-refractivity contribution is 0.681. The van der Waals surface area contributed by atoms with Crippen LogP contribution in [0.4, 0.5) is 0 Å². The monoisotopic (exact) mass is 235 g/mol. The highest BCUT2D eigenvalue weighted by Gasteiger charge is 2.10. The van der Waals surface area contributed by atoms with Crippen LogP contribution in [0.2, 0.25) is 0 Å². The van der Waals surface area contributed by atoms with Crippen molar-refractivity contribution in [2.24, 2.45) is 0 Å². The van der Waals surface area contributed by atoms with Crippen molar-refractivity contribution in [1.29, 1.82) is 0 Å². The molecule has 16 heavy (non-hydrogen) atoms. The third kappa shape index (κ3) is 2.59. The second-order valence-electron chi connectivity index (χ2n) is 3.31. The number of rotatable bonds is 5. The Hall–Kier alpha value is -1.40. The fraction of sp³-hybridized carbons (Fsp3) is 0.400. The molecule has 2 heterocycles. The lowest BCUT2D eigenvalue weighted by Crippen LogP contribution is -2.13. The highest BCUT2D eigenvalue weighted by atomic mass is 32.1. The van der Waals surface area contributed by atoms with E-state index in [0.717, 1.165) is 35.8 Å². The highest BCUT2D eigenvalue weighted by molar-refractivity contribution is 7.05. The molecule has 0 saturated carbocycles. The van der Waals surface area contributed by atoms with Gasteiger partial charge in [0.1, 0.15) is 11.4 Å². The molecule has 0 unspecified atom stereocenters. The number of aromatic nitrogens is 4. The van der Waals surface area contributed by atoms with Gasteiger partial charge in [0, 0.05) is 18.9 Å². The first-order valence-electron chi connectivity index (χ1n) is 5.20. The topological polar surface area (TPSA) is 63.6 Å². The van der Waals surface area contributed by atoms with E-state index in [9.17, 15) is 0 Å². The molecular formula is C10H13N5S. The van der Waals surface area contributed by atoms with Gasteiger partial charge in [0.15, 0.2) is 0 Å². The summed E-state index contributed by atoms with van der Waals surface area (Å²) in [4.78, 5) is 9.36. The van der Waals surface area contributed by atoms with Crippen LogP contribution in [0.25, 0.3) is 11.4 Å². The summed E-state index contributed by atoms with van der Waals surface area (Å²) in [6.45, 7) is 3.93. The van der Waals surface area contributed by atoms with Gasteiger partial charge >= 0.3 is 0 Å². The predicted molar refractivity (Wildman–Crippen MR) is 62.9 cm³/mol. The summed E-state index contributed by atoms with van der Waals surface area (Å²) in [5.41, 5.74) is 1.62. The Bertz CT molecular complexity index is 428. The maximum Gasteiger partial charge on any atom is 0.130 e. The largest absolute Gasteiger partial charge is 0.312 e. The van der Waals surface area contributed by atoms with Crippen LogP contribution in [-0.2, 0) is 6.54 Å². The summed E-state index contributed by atoms with van der Waals surface area (Å²) < 4.78 is 3.96. The molecule has 0 aromatic carbocycles. The van der Waals surface area contributed by atoms with Crippen LogP contribution in [0.5, 0.6) is 0 Å². The van der Waals surface area contributed by atoms with E-state index in [-0.39, 0.29) is 0 Å². The van der Waals surface area contributed by atoms with Gasteiger partial charge in [0.2, 0.25) is 0 Å². The molecule has 0 bridgehead atoms. The third-order valence-electron chi connectivity index (χ3n) is 2.07. The summed E-state index contributed by atoms with van der Waals surface area (Å²) in [5.74, 6) is 0. The molecule has 0 amide bonds. The minimum Gasteiger partial charge on any atom is -0.312 e. The van der Waals surface area contributed by atoms with Gasteiger partial charge < -0.3 is 5.32 Å². The molecule has 0 saturated heterocycles. The molecule has 84 valence electrons. The standard InChI is InChI=1S/C10H13N5S/c1-2-3-11-7-9-10(14-15-16-9)8-6-12-4-5-13-8/h4-6,11H,2-3,7H2,1H3. The minimum atomic E-state index is 0.782. The molecule has 0 aliphatic carbocycles. The Morgan fingerprint density at radius 2 is 2.31 bits per heavy atom. The molecule has 1 N–H and O–H groups in total. The molecule has 0 aliphatic heterocycles. The predicted octanol–water partition coefficient (Wildman–Crippen LogP) is 1.49. The lowest BCUT2D eigenvalue weighted by Gasteiger charge is -2.01. The van der Waals surface area contributed by atoms with Crippen molar-refractivity contribution < 1.29 is 0 Å². The van der Waals surface area contributed by atoms with E-state index in [2.05, 4.69) is 31.8 Å². The first-order chi connectivity index (χ1) is 7.92. The quantitative estimate of drug-likeness (QED) is 0.796. The Balaban J connectivity index is 2.13. The van der Waals surface area contributed by atoms with E-state index in [4.69, 9.17) is 0 Å². The van der Waals surface area contributed by atoms with Crippen LogP contribution in [0.1, 0.15) is 18.2 Å². The smallest absolute Gasteiger partial charge is 0.130 e. The van der Waals surface area contributed by atoms with Crippen molar-refractivity contribution in [1.82, 2.24) is 24.9 Å². The fourth-order valence-electron chi connectivity index (χ4n) is 1.32. The SMILES string of the molecule is CCCNCc1snnc1-c1cnccn1. The molecule has 6 heteroatoms. The molecule has 0 radical (unpaired) electrons. The summed E-state index contributed by atoms with van der Waals surface area (Å²) in [6, 6.07) is 0. The normalized spacial score (nSPS) is 10.6. The molecule has 2 rings (SSSR count). The van der Waals surface area contributed by atoms with Gasteiger partial charge in [-0.2, -0.15) is 0 Å². The maximum absolute atomic E-state index is 4.22. The highest BCUT2D eigenvalue weighted by Crippen LogP contribution is 2.20. The molecule has 2 aromatic rings. The number of hydrogen-bond donors (Lipinski definition) is 1. The average molecular weight is 235 g/mol. The van der Waals surface area contributed by atoms with Gasteiger partial charge in [-0.1, -0.05) is 11.4 Å². The molecular weight excluding hydrogens is 222 g/mol. The van der Waals surface area contributed by atoms with E-state index in [1.165, 1.54) is 11.5 Å². The van der Waals surface area contributed by atoms with E-state index in [1.54, 1.807) is 18.6 Å². The van der Waals surface area contributed by atoms with Crippen LogP contribution in [0, 0.1) is 0 Å². The van der Waals surface area contributed by atoms with Crippen LogP contribution >= 0.6 is 11.5 Å². The molecule has 0 spiro atoms. The molecule has 2 aromatic heterocycles. The van der Waals surface area contributed by atoms with Crippen LogP contribution in [0.3, 0.4) is 0 Å². The van der Waals surface area contributed by atoms with Gasteiger partial charge in [0.05, 0.1) is 11.1 Å². The first-order valence-corrected chi connectivity index (χ1v) is 5.97. The zero-order valence-corrected chi connectivity index (χ0v) is 9.87. The first kappa shape index (κ1) is 11.1. The van der Waals surface area contributed by atoms with Gasteiger partial charge in [-0.3, -0.25) is 9.97 Å². The maximum atomic E-state index is 4.22. The van der Waals surface area contributed by atoms with Gasteiger partial charge in [-0.05, 0) is 24.5 Å². The van der Waals surface area contributed by atoms with Crippen molar-refractivity contribution in [2.45, 2.75) is 19.9 Å². The zero-order valence-electron chi connectivity index (χ0n) is 9.05. The van der Waals surface area contributed by atoms with Crippen molar-refractivity contribution in [3.63, 3.8) is 0 Å². The number of hydrogen-bond acceptors (Lipinski definition) is 6. The lowest BCUT2D eigenvalue weighted by atomic mass is 10.3. The van der Waals surface area contributed by atoms with Crippen LogP contribution in [-0.4, -0.2) is 26.1 Å². The molecule has 0 atom stereocenters. The van der Waals surface area contributed by atoms with Gasteiger partial charge in [0.25, 0.3) is 0 Å². The molecule has 0 fully saturated rings. The van der Waals surface area contributed by atoms with Crippen LogP contribution in [0.15, 0.2) is 18.6 Å². The second kappa shape index (κ2) is 5.62. The zero-order chi connectivity index (χ0) is 11.2. The average Bonchev–Trinajstić information content (AvgIpc) is 2.79. The Morgan fingerprint density at radius 3 is 3.06 bits per heavy atom. The van der Waals surface area contributed by atoms with Crippen molar-refractivity contribution in [3.05, 3.63) is 23.5 Å². The molecule has 5 nitrogen and oxygen atoms in total. The van der Waals surface area contributed by atoms with Gasteiger partial charge in [-0.15, -0.1) is 5.10 Å². The van der Waals surface area contributed by atoms with Crippen molar-refractivity contribution in [3.8, 4) is 11.4 Å². The third-order valence-corrected chi connectivity index (χ3v) is 2.80. The Morgan fingerprint density at radius 1 is 1.38 bits per heavy atom. The second-order valence-corrected chi connectivity index (χ2v) is 4.15. The van der Waals surface area contributed by atoms with E-state index >= 15 is 0 Å². The molecule has 0 aliphatic rings. The van der Waals surface area contributed by atoms with Crippen LogP contribution < -0.4 is 5.32 Å². The van der Waals surface area contributed by atoms with E-state index < -0.39 is 0 Å².